The van der Waals surface area contributed by atoms with E-state index in [9.17, 15) is 4.39 Å². The average Bonchev–Trinajstić information content (AvgIpc) is 3.04. The van der Waals surface area contributed by atoms with Crippen LogP contribution in [0.25, 0.3) is 0 Å². The molecule has 0 aliphatic rings. The van der Waals surface area contributed by atoms with Crippen LogP contribution in [-0.2, 0) is 0 Å². The Kier molecular flexibility index (Phi) is 4.01. The van der Waals surface area contributed by atoms with Crippen LogP contribution in [0.5, 0.6) is 11.6 Å². The summed E-state index contributed by atoms with van der Waals surface area (Å²) in [5.74, 6) is -0.510. The molecule has 3 rings (SSSR count). The summed E-state index contributed by atoms with van der Waals surface area (Å²) in [5.41, 5.74) is 0.822. The van der Waals surface area contributed by atoms with E-state index in [0.29, 0.717) is 5.75 Å². The summed E-state index contributed by atoms with van der Waals surface area (Å²) in [4.78, 5) is 7.19. The van der Waals surface area contributed by atoms with Gasteiger partial charge in [-0.25, -0.2) is 9.66 Å². The standard InChI is InChI=1S/C13H8ClFN6O/c14-13-16-6-11(15)12(20-13)22-10-3-1-9(2-4-10)5-19-21-7-17-18-8-21/h1-8H/b19-5-. The van der Waals surface area contributed by atoms with Gasteiger partial charge in [0.1, 0.15) is 18.4 Å². The lowest BCUT2D eigenvalue weighted by Crippen LogP contribution is -1.94. The molecule has 7 nitrogen and oxygen atoms in total. The van der Waals surface area contributed by atoms with Gasteiger partial charge in [0.25, 0.3) is 5.88 Å². The molecular formula is C13H8ClFN6O. The Labute approximate surface area is 129 Å². The van der Waals surface area contributed by atoms with Gasteiger partial charge >= 0.3 is 0 Å². The molecule has 0 fully saturated rings. The third kappa shape index (κ3) is 3.41. The smallest absolute Gasteiger partial charge is 0.260 e. The van der Waals surface area contributed by atoms with Crippen LogP contribution in [0.4, 0.5) is 4.39 Å². The largest absolute Gasteiger partial charge is 0.436 e. The molecule has 22 heavy (non-hydrogen) atoms. The maximum absolute atomic E-state index is 13.5. The quantitative estimate of drug-likeness (QED) is 0.545. The maximum atomic E-state index is 13.5. The van der Waals surface area contributed by atoms with Crippen molar-refractivity contribution in [3.8, 4) is 11.6 Å². The summed E-state index contributed by atoms with van der Waals surface area (Å²) in [6.45, 7) is 0. The summed E-state index contributed by atoms with van der Waals surface area (Å²) >= 11 is 5.60. The molecule has 0 saturated carbocycles. The predicted molar refractivity (Wildman–Crippen MR) is 76.5 cm³/mol. The highest BCUT2D eigenvalue weighted by molar-refractivity contribution is 6.28. The van der Waals surface area contributed by atoms with Crippen LogP contribution < -0.4 is 4.74 Å². The highest BCUT2D eigenvalue weighted by Gasteiger charge is 2.08. The van der Waals surface area contributed by atoms with Gasteiger partial charge in [0.15, 0.2) is 0 Å². The topological polar surface area (TPSA) is 78.1 Å². The first-order valence-corrected chi connectivity index (χ1v) is 6.43. The number of aromatic nitrogens is 5. The van der Waals surface area contributed by atoms with Gasteiger partial charge in [-0.3, -0.25) is 0 Å². The van der Waals surface area contributed by atoms with Gasteiger partial charge in [-0.15, -0.1) is 10.2 Å². The van der Waals surface area contributed by atoms with Crippen molar-refractivity contribution >= 4 is 17.8 Å². The minimum atomic E-state index is -0.692. The van der Waals surface area contributed by atoms with E-state index in [-0.39, 0.29) is 11.2 Å². The van der Waals surface area contributed by atoms with Gasteiger partial charge in [0, 0.05) is 0 Å². The monoisotopic (exact) mass is 318 g/mol. The van der Waals surface area contributed by atoms with Gasteiger partial charge in [-0.2, -0.15) is 14.5 Å². The fourth-order valence-corrected chi connectivity index (χ4v) is 1.65. The molecule has 3 aromatic rings. The Morgan fingerprint density at radius 2 is 1.91 bits per heavy atom. The predicted octanol–water partition coefficient (Wildman–Crippen LogP) is 2.54. The fraction of sp³-hybridized carbons (Fsp3) is 0. The molecule has 110 valence electrons. The number of nitrogens with zero attached hydrogens (tertiary/aromatic N) is 6. The lowest BCUT2D eigenvalue weighted by molar-refractivity contribution is 0.420. The zero-order valence-corrected chi connectivity index (χ0v) is 11.7. The highest BCUT2D eigenvalue weighted by Crippen LogP contribution is 2.22. The molecule has 0 bridgehead atoms. The van der Waals surface area contributed by atoms with E-state index in [1.165, 1.54) is 17.3 Å². The molecule has 0 amide bonds. The van der Waals surface area contributed by atoms with E-state index in [1.807, 2.05) is 0 Å². The van der Waals surface area contributed by atoms with Crippen LogP contribution in [0, 0.1) is 5.82 Å². The summed E-state index contributed by atoms with van der Waals surface area (Å²) < 4.78 is 20.2. The Morgan fingerprint density at radius 3 is 2.64 bits per heavy atom. The third-order valence-electron chi connectivity index (χ3n) is 2.52. The molecule has 9 heteroatoms. The zero-order valence-electron chi connectivity index (χ0n) is 11.0. The maximum Gasteiger partial charge on any atom is 0.260 e. The van der Waals surface area contributed by atoms with Crippen LogP contribution in [0.1, 0.15) is 5.56 Å². The second-order valence-electron chi connectivity index (χ2n) is 4.05. The van der Waals surface area contributed by atoms with E-state index in [0.717, 1.165) is 11.8 Å². The van der Waals surface area contributed by atoms with Gasteiger partial charge in [0.2, 0.25) is 11.1 Å². The summed E-state index contributed by atoms with van der Waals surface area (Å²) in [7, 11) is 0. The minimum absolute atomic E-state index is 0.0888. The number of halogens is 2. The van der Waals surface area contributed by atoms with E-state index < -0.39 is 5.82 Å². The highest BCUT2D eigenvalue weighted by atomic mass is 35.5. The van der Waals surface area contributed by atoms with Crippen LogP contribution in [-0.4, -0.2) is 31.1 Å². The first-order chi connectivity index (χ1) is 10.7. The molecule has 0 aliphatic heterocycles. The van der Waals surface area contributed by atoms with Crippen molar-refractivity contribution < 1.29 is 9.13 Å². The average molecular weight is 319 g/mol. The SMILES string of the molecule is Fc1cnc(Cl)nc1Oc1ccc(/C=N\n2cnnc2)cc1. The summed E-state index contributed by atoms with van der Waals surface area (Å²) in [6, 6.07) is 6.82. The molecule has 0 atom stereocenters. The van der Waals surface area contributed by atoms with Crippen molar-refractivity contribution in [2.75, 3.05) is 0 Å². The molecule has 0 aliphatic carbocycles. The number of hydrogen-bond acceptors (Lipinski definition) is 6. The van der Waals surface area contributed by atoms with Crippen molar-refractivity contribution in [3.05, 3.63) is 59.8 Å². The Hall–Kier alpha value is -2.87. The number of benzene rings is 1. The molecule has 0 saturated heterocycles. The molecule has 0 spiro atoms. The van der Waals surface area contributed by atoms with E-state index >= 15 is 0 Å². The van der Waals surface area contributed by atoms with Crippen molar-refractivity contribution in [1.82, 2.24) is 24.8 Å². The second kappa shape index (κ2) is 6.27. The van der Waals surface area contributed by atoms with Crippen LogP contribution in [0.2, 0.25) is 5.28 Å². The third-order valence-corrected chi connectivity index (χ3v) is 2.71. The van der Waals surface area contributed by atoms with Gasteiger partial charge < -0.3 is 4.74 Å². The van der Waals surface area contributed by atoms with Gasteiger partial charge in [-0.05, 0) is 41.4 Å². The number of rotatable bonds is 4. The molecule has 0 unspecified atom stereocenters. The van der Waals surface area contributed by atoms with Gasteiger partial charge in [-0.1, -0.05) is 0 Å². The first-order valence-electron chi connectivity index (χ1n) is 6.05. The number of ether oxygens (including phenoxy) is 1. The van der Waals surface area contributed by atoms with E-state index in [2.05, 4.69) is 25.3 Å². The first kappa shape index (κ1) is 14.1. The molecule has 0 radical (unpaired) electrons. The van der Waals surface area contributed by atoms with E-state index in [4.69, 9.17) is 16.3 Å². The number of hydrogen-bond donors (Lipinski definition) is 0. The molecule has 2 heterocycles. The second-order valence-corrected chi connectivity index (χ2v) is 4.39. The van der Waals surface area contributed by atoms with Crippen LogP contribution in [0.3, 0.4) is 0 Å². The van der Waals surface area contributed by atoms with Gasteiger partial charge in [0.05, 0.1) is 12.4 Å². The Morgan fingerprint density at radius 1 is 1.18 bits per heavy atom. The van der Waals surface area contributed by atoms with Crippen molar-refractivity contribution in [2.45, 2.75) is 0 Å². The summed E-state index contributed by atoms with van der Waals surface area (Å²) in [5, 5.41) is 11.3. The van der Waals surface area contributed by atoms with Crippen molar-refractivity contribution in [3.63, 3.8) is 0 Å². The Bertz CT molecular complexity index is 791. The fourth-order valence-electron chi connectivity index (χ4n) is 1.52. The molecule has 2 aromatic heterocycles. The zero-order chi connectivity index (χ0) is 15.4. The molecular weight excluding hydrogens is 311 g/mol. The normalized spacial score (nSPS) is 11.0. The van der Waals surface area contributed by atoms with Crippen molar-refractivity contribution in [1.29, 1.82) is 0 Å². The lowest BCUT2D eigenvalue weighted by Gasteiger charge is -2.05. The van der Waals surface area contributed by atoms with Crippen molar-refractivity contribution in [2.24, 2.45) is 5.10 Å². The van der Waals surface area contributed by atoms with Crippen LogP contribution in [0.15, 0.2) is 48.2 Å². The van der Waals surface area contributed by atoms with Crippen LogP contribution >= 0.6 is 11.6 Å². The summed E-state index contributed by atoms with van der Waals surface area (Å²) in [6.07, 6.45) is 5.51. The lowest BCUT2D eigenvalue weighted by atomic mass is 10.2. The minimum Gasteiger partial charge on any atom is -0.436 e. The molecule has 0 N–H and O–H groups in total. The van der Waals surface area contributed by atoms with E-state index in [1.54, 1.807) is 30.5 Å². The molecule has 1 aromatic carbocycles. The Balaban J connectivity index is 1.73.